The number of rotatable bonds is 3. The van der Waals surface area contributed by atoms with Gasteiger partial charge in [-0.3, -0.25) is 4.79 Å². The van der Waals surface area contributed by atoms with Crippen molar-refractivity contribution in [3.8, 4) is 11.3 Å². The summed E-state index contributed by atoms with van der Waals surface area (Å²) in [7, 11) is 0. The summed E-state index contributed by atoms with van der Waals surface area (Å²) in [5.74, 6) is 0.610. The van der Waals surface area contributed by atoms with E-state index in [0.717, 1.165) is 27.9 Å². The average Bonchev–Trinajstić information content (AvgIpc) is 3.03. The lowest BCUT2D eigenvalue weighted by molar-refractivity contribution is 0.0997. The summed E-state index contributed by atoms with van der Waals surface area (Å²) in [6.45, 7) is 5.88. The van der Waals surface area contributed by atoms with Crippen LogP contribution in [0.15, 0.2) is 52.9 Å². The molecule has 0 saturated carbocycles. The Balaban J connectivity index is 1.83. The predicted molar refractivity (Wildman–Crippen MR) is 97.8 cm³/mol. The zero-order valence-electron chi connectivity index (χ0n) is 13.8. The lowest BCUT2D eigenvalue weighted by Gasteiger charge is -2.08. The second-order valence-corrected chi connectivity index (χ2v) is 6.31. The number of furan rings is 1. The molecule has 0 radical (unpaired) electrons. The topological polar surface area (TPSA) is 42.2 Å². The first-order valence-corrected chi connectivity index (χ1v) is 8.07. The summed E-state index contributed by atoms with van der Waals surface area (Å²) in [6.07, 6.45) is 0. The molecule has 0 fully saturated rings. The third-order valence-corrected chi connectivity index (χ3v) is 4.33. The number of anilines is 1. The number of hydrogen-bond donors (Lipinski definition) is 1. The van der Waals surface area contributed by atoms with E-state index in [0.29, 0.717) is 10.8 Å². The Kier molecular flexibility index (Phi) is 4.45. The maximum Gasteiger partial charge on any atom is 0.291 e. The number of halogens is 1. The van der Waals surface area contributed by atoms with E-state index in [-0.39, 0.29) is 11.7 Å². The molecule has 0 spiro atoms. The summed E-state index contributed by atoms with van der Waals surface area (Å²) in [4.78, 5) is 12.4. The molecule has 4 heteroatoms. The van der Waals surface area contributed by atoms with Crippen LogP contribution in [0.4, 0.5) is 5.69 Å². The van der Waals surface area contributed by atoms with Crippen LogP contribution in [0.25, 0.3) is 11.3 Å². The Hall–Kier alpha value is -2.52. The molecule has 1 aromatic heterocycles. The maximum atomic E-state index is 12.4. The van der Waals surface area contributed by atoms with E-state index >= 15 is 0 Å². The Labute approximate surface area is 146 Å². The standard InChI is InChI=1S/C20H18ClNO2/c1-12-4-5-14(3)17(10-12)22-20(23)19-9-8-18(24-19)15-7-6-13(2)16(21)11-15/h4-11H,1-3H3,(H,22,23). The van der Waals surface area contributed by atoms with E-state index in [4.69, 9.17) is 16.0 Å². The van der Waals surface area contributed by atoms with Gasteiger partial charge < -0.3 is 9.73 Å². The number of aryl methyl sites for hydroxylation is 3. The molecule has 0 unspecified atom stereocenters. The van der Waals surface area contributed by atoms with Crippen molar-refractivity contribution in [1.82, 2.24) is 0 Å². The zero-order chi connectivity index (χ0) is 17.3. The molecule has 3 aromatic rings. The van der Waals surface area contributed by atoms with E-state index in [1.807, 2.05) is 57.2 Å². The number of amides is 1. The smallest absolute Gasteiger partial charge is 0.291 e. The fraction of sp³-hybridized carbons (Fsp3) is 0.150. The van der Waals surface area contributed by atoms with Crippen molar-refractivity contribution in [2.45, 2.75) is 20.8 Å². The predicted octanol–water partition coefficient (Wildman–Crippen LogP) is 5.78. The second kappa shape index (κ2) is 6.54. The van der Waals surface area contributed by atoms with Gasteiger partial charge in [-0.2, -0.15) is 0 Å². The van der Waals surface area contributed by atoms with Gasteiger partial charge in [-0.15, -0.1) is 0 Å². The molecule has 0 aliphatic carbocycles. The Bertz CT molecular complexity index is 912. The molecule has 3 rings (SSSR count). The SMILES string of the molecule is Cc1ccc(C)c(NC(=O)c2ccc(-c3ccc(C)c(Cl)c3)o2)c1. The molecular formula is C20H18ClNO2. The summed E-state index contributed by atoms with van der Waals surface area (Å²) in [6, 6.07) is 15.1. The van der Waals surface area contributed by atoms with Crippen molar-refractivity contribution in [3.05, 3.63) is 76.0 Å². The van der Waals surface area contributed by atoms with Gasteiger partial charge in [-0.25, -0.2) is 0 Å². The quantitative estimate of drug-likeness (QED) is 0.657. The van der Waals surface area contributed by atoms with Crippen LogP contribution >= 0.6 is 11.6 Å². The molecule has 0 atom stereocenters. The highest BCUT2D eigenvalue weighted by atomic mass is 35.5. The van der Waals surface area contributed by atoms with Crippen molar-refractivity contribution in [2.75, 3.05) is 5.32 Å². The number of benzene rings is 2. The third-order valence-electron chi connectivity index (χ3n) is 3.93. The van der Waals surface area contributed by atoms with E-state index in [2.05, 4.69) is 5.32 Å². The van der Waals surface area contributed by atoms with Gasteiger partial charge >= 0.3 is 0 Å². The van der Waals surface area contributed by atoms with Crippen LogP contribution in [-0.2, 0) is 0 Å². The van der Waals surface area contributed by atoms with Crippen LogP contribution in [0, 0.1) is 20.8 Å². The number of carbonyl (C=O) groups excluding carboxylic acids is 1. The van der Waals surface area contributed by atoms with Crippen molar-refractivity contribution >= 4 is 23.2 Å². The molecule has 0 aliphatic heterocycles. The van der Waals surface area contributed by atoms with E-state index in [1.165, 1.54) is 0 Å². The zero-order valence-corrected chi connectivity index (χ0v) is 14.6. The van der Waals surface area contributed by atoms with Crippen LogP contribution < -0.4 is 5.32 Å². The van der Waals surface area contributed by atoms with Crippen LogP contribution in [0.2, 0.25) is 5.02 Å². The molecule has 1 heterocycles. The van der Waals surface area contributed by atoms with Crippen molar-refractivity contribution in [2.24, 2.45) is 0 Å². The summed E-state index contributed by atoms with van der Waals surface area (Å²) >= 11 is 6.15. The van der Waals surface area contributed by atoms with E-state index in [1.54, 1.807) is 12.1 Å². The minimum Gasteiger partial charge on any atom is -0.451 e. The highest BCUT2D eigenvalue weighted by molar-refractivity contribution is 6.31. The third kappa shape index (κ3) is 3.36. The number of hydrogen-bond acceptors (Lipinski definition) is 2. The molecule has 2 aromatic carbocycles. The minimum absolute atomic E-state index is 0.266. The fourth-order valence-corrected chi connectivity index (χ4v) is 2.60. The second-order valence-electron chi connectivity index (χ2n) is 5.90. The Morgan fingerprint density at radius 3 is 2.46 bits per heavy atom. The van der Waals surface area contributed by atoms with Crippen LogP contribution in [0.5, 0.6) is 0 Å². The van der Waals surface area contributed by atoms with Gasteiger partial charge in [0.2, 0.25) is 0 Å². The normalized spacial score (nSPS) is 10.7. The van der Waals surface area contributed by atoms with Crippen LogP contribution in [0.1, 0.15) is 27.2 Å². The molecule has 0 aliphatic rings. The van der Waals surface area contributed by atoms with Gasteiger partial charge in [0.15, 0.2) is 5.76 Å². The van der Waals surface area contributed by atoms with Gasteiger partial charge in [0.25, 0.3) is 5.91 Å². The van der Waals surface area contributed by atoms with E-state index < -0.39 is 0 Å². The van der Waals surface area contributed by atoms with Crippen molar-refractivity contribution in [3.63, 3.8) is 0 Å². The molecule has 1 amide bonds. The van der Waals surface area contributed by atoms with Gasteiger partial charge in [-0.1, -0.05) is 35.9 Å². The Morgan fingerprint density at radius 2 is 1.71 bits per heavy atom. The summed E-state index contributed by atoms with van der Waals surface area (Å²) in [5.41, 5.74) is 4.73. The molecule has 24 heavy (non-hydrogen) atoms. The molecule has 3 nitrogen and oxygen atoms in total. The average molecular weight is 340 g/mol. The highest BCUT2D eigenvalue weighted by Crippen LogP contribution is 2.27. The molecular weight excluding hydrogens is 322 g/mol. The largest absolute Gasteiger partial charge is 0.451 e. The lowest BCUT2D eigenvalue weighted by Crippen LogP contribution is -2.11. The van der Waals surface area contributed by atoms with Crippen LogP contribution in [-0.4, -0.2) is 5.91 Å². The first kappa shape index (κ1) is 16.3. The molecule has 122 valence electrons. The monoisotopic (exact) mass is 339 g/mol. The first-order chi connectivity index (χ1) is 11.4. The number of nitrogens with one attached hydrogen (secondary N) is 1. The van der Waals surface area contributed by atoms with Crippen LogP contribution in [0.3, 0.4) is 0 Å². The highest BCUT2D eigenvalue weighted by Gasteiger charge is 2.14. The van der Waals surface area contributed by atoms with Gasteiger partial charge in [0.05, 0.1) is 0 Å². The maximum absolute atomic E-state index is 12.4. The molecule has 1 N–H and O–H groups in total. The van der Waals surface area contributed by atoms with Gasteiger partial charge in [0, 0.05) is 16.3 Å². The summed E-state index contributed by atoms with van der Waals surface area (Å²) < 4.78 is 5.70. The summed E-state index contributed by atoms with van der Waals surface area (Å²) in [5, 5.41) is 3.57. The van der Waals surface area contributed by atoms with Crippen molar-refractivity contribution < 1.29 is 9.21 Å². The fourth-order valence-electron chi connectivity index (χ4n) is 2.42. The van der Waals surface area contributed by atoms with Gasteiger partial charge in [-0.05, 0) is 61.7 Å². The Morgan fingerprint density at radius 1 is 0.958 bits per heavy atom. The minimum atomic E-state index is -0.270. The van der Waals surface area contributed by atoms with Crippen molar-refractivity contribution in [1.29, 1.82) is 0 Å². The number of carbonyl (C=O) groups is 1. The molecule has 0 saturated heterocycles. The first-order valence-electron chi connectivity index (χ1n) is 7.69. The van der Waals surface area contributed by atoms with E-state index in [9.17, 15) is 4.79 Å². The van der Waals surface area contributed by atoms with Gasteiger partial charge in [0.1, 0.15) is 5.76 Å². The lowest BCUT2D eigenvalue weighted by atomic mass is 10.1. The molecule has 0 bridgehead atoms.